The van der Waals surface area contributed by atoms with E-state index in [9.17, 15) is 17.6 Å². The molecule has 1 heterocycles. The van der Waals surface area contributed by atoms with E-state index in [1.807, 2.05) is 0 Å². The Morgan fingerprint density at radius 3 is 2.43 bits per heavy atom. The van der Waals surface area contributed by atoms with Gasteiger partial charge in [-0.15, -0.1) is 0 Å². The van der Waals surface area contributed by atoms with Crippen molar-refractivity contribution in [3.63, 3.8) is 0 Å². The molecule has 0 saturated carbocycles. The lowest BCUT2D eigenvalue weighted by molar-refractivity contribution is -0.137. The van der Waals surface area contributed by atoms with Gasteiger partial charge in [0, 0.05) is 0 Å². The smallest absolute Gasteiger partial charge is 0.320 e. The molecule has 0 bridgehead atoms. The predicted molar refractivity (Wildman–Crippen MR) is 70.9 cm³/mol. The molecule has 2 nitrogen and oxygen atoms in total. The highest BCUT2D eigenvalue weighted by molar-refractivity contribution is 5.28. The van der Waals surface area contributed by atoms with Gasteiger partial charge in [-0.3, -0.25) is 4.98 Å². The Labute approximate surface area is 119 Å². The first-order valence-electron chi connectivity index (χ1n) is 6.25. The van der Waals surface area contributed by atoms with Crippen molar-refractivity contribution in [1.82, 2.24) is 4.98 Å². The third-order valence-electron chi connectivity index (χ3n) is 3.14. The fraction of sp³-hybridized carbons (Fsp3) is 0.267. The lowest BCUT2D eigenvalue weighted by atomic mass is 9.89. The summed E-state index contributed by atoms with van der Waals surface area (Å²) in [5.74, 6) is -0.492. The fourth-order valence-electron chi connectivity index (χ4n) is 2.09. The van der Waals surface area contributed by atoms with Crippen molar-refractivity contribution in [3.05, 3.63) is 65.2 Å². The summed E-state index contributed by atoms with van der Waals surface area (Å²) >= 11 is 0. The zero-order valence-corrected chi connectivity index (χ0v) is 11.3. The van der Waals surface area contributed by atoms with Crippen molar-refractivity contribution >= 4 is 0 Å². The molecule has 0 saturated heterocycles. The van der Waals surface area contributed by atoms with Crippen molar-refractivity contribution in [1.29, 1.82) is 0 Å². The number of nitrogens with two attached hydrogens (primary N) is 1. The molecular formula is C15H14F4N2. The van der Waals surface area contributed by atoms with Crippen LogP contribution in [-0.4, -0.2) is 4.98 Å². The summed E-state index contributed by atoms with van der Waals surface area (Å²) in [6, 6.07) is 7.64. The van der Waals surface area contributed by atoms with E-state index in [-0.39, 0.29) is 6.42 Å². The minimum Gasteiger partial charge on any atom is -0.320 e. The molecule has 21 heavy (non-hydrogen) atoms. The molecule has 0 aliphatic carbocycles. The van der Waals surface area contributed by atoms with Gasteiger partial charge in [-0.05, 0) is 37.1 Å². The summed E-state index contributed by atoms with van der Waals surface area (Å²) in [6.45, 7) is 1.65. The Hall–Kier alpha value is -1.95. The molecule has 0 radical (unpaired) electrons. The minimum atomic E-state index is -4.39. The SMILES string of the molecule is CC(N)(Cc1cccc(C(F)(F)F)c1)c1ccc(F)cn1. The average Bonchev–Trinajstić information content (AvgIpc) is 2.38. The molecule has 0 amide bonds. The molecular weight excluding hydrogens is 284 g/mol. The van der Waals surface area contributed by atoms with Crippen molar-refractivity contribution in [2.45, 2.75) is 25.1 Å². The molecule has 2 aromatic rings. The van der Waals surface area contributed by atoms with Crippen LogP contribution in [-0.2, 0) is 18.1 Å². The van der Waals surface area contributed by atoms with Gasteiger partial charge < -0.3 is 5.73 Å². The van der Waals surface area contributed by atoms with Gasteiger partial charge in [-0.2, -0.15) is 13.2 Å². The van der Waals surface area contributed by atoms with E-state index < -0.39 is 23.1 Å². The van der Waals surface area contributed by atoms with Gasteiger partial charge in [0.2, 0.25) is 0 Å². The maximum Gasteiger partial charge on any atom is 0.416 e. The second kappa shape index (κ2) is 5.44. The summed E-state index contributed by atoms with van der Waals surface area (Å²) in [4.78, 5) is 3.90. The standard InChI is InChI=1S/C15H14F4N2/c1-14(20,13-6-5-12(16)9-21-13)8-10-3-2-4-11(7-10)15(17,18)19/h2-7,9H,8,20H2,1H3. The summed E-state index contributed by atoms with van der Waals surface area (Å²) in [6.07, 6.45) is -3.20. The lowest BCUT2D eigenvalue weighted by Crippen LogP contribution is -2.36. The normalized spacial score (nSPS) is 14.8. The number of hydrogen-bond acceptors (Lipinski definition) is 2. The second-order valence-corrected chi connectivity index (χ2v) is 5.15. The van der Waals surface area contributed by atoms with Crippen LogP contribution >= 0.6 is 0 Å². The van der Waals surface area contributed by atoms with Crippen LogP contribution < -0.4 is 5.73 Å². The summed E-state index contributed by atoms with van der Waals surface area (Å²) in [5, 5.41) is 0. The number of aromatic nitrogens is 1. The van der Waals surface area contributed by atoms with Gasteiger partial charge in [-0.25, -0.2) is 4.39 Å². The molecule has 0 aliphatic rings. The van der Waals surface area contributed by atoms with E-state index in [2.05, 4.69) is 4.98 Å². The Bertz CT molecular complexity index is 618. The monoisotopic (exact) mass is 298 g/mol. The zero-order chi connectivity index (χ0) is 15.7. The maximum atomic E-state index is 12.9. The second-order valence-electron chi connectivity index (χ2n) is 5.15. The Morgan fingerprint density at radius 1 is 1.14 bits per heavy atom. The van der Waals surface area contributed by atoms with Crippen molar-refractivity contribution in [2.24, 2.45) is 5.73 Å². The van der Waals surface area contributed by atoms with Crippen LogP contribution in [0.2, 0.25) is 0 Å². The number of hydrogen-bond donors (Lipinski definition) is 1. The molecule has 1 aromatic carbocycles. The summed E-state index contributed by atoms with van der Waals surface area (Å²) in [5.41, 5.74) is 5.27. The number of rotatable bonds is 3. The molecule has 0 spiro atoms. The molecule has 1 unspecified atom stereocenters. The first kappa shape index (κ1) is 15.4. The highest BCUT2D eigenvalue weighted by Crippen LogP contribution is 2.31. The number of alkyl halides is 3. The van der Waals surface area contributed by atoms with E-state index in [1.54, 1.807) is 13.0 Å². The van der Waals surface area contributed by atoms with Crippen LogP contribution in [0.15, 0.2) is 42.6 Å². The van der Waals surface area contributed by atoms with Gasteiger partial charge >= 0.3 is 6.18 Å². The first-order chi connectivity index (χ1) is 9.68. The van der Waals surface area contributed by atoms with E-state index in [1.165, 1.54) is 18.2 Å². The fourth-order valence-corrected chi connectivity index (χ4v) is 2.09. The number of benzene rings is 1. The van der Waals surface area contributed by atoms with E-state index in [0.29, 0.717) is 11.3 Å². The minimum absolute atomic E-state index is 0.162. The Balaban J connectivity index is 2.26. The molecule has 2 rings (SSSR count). The third-order valence-corrected chi connectivity index (χ3v) is 3.14. The van der Waals surface area contributed by atoms with Crippen molar-refractivity contribution in [2.75, 3.05) is 0 Å². The Kier molecular flexibility index (Phi) is 4.00. The largest absolute Gasteiger partial charge is 0.416 e. The van der Waals surface area contributed by atoms with Gasteiger partial charge in [0.25, 0.3) is 0 Å². The van der Waals surface area contributed by atoms with E-state index in [0.717, 1.165) is 18.3 Å². The molecule has 1 aromatic heterocycles. The molecule has 6 heteroatoms. The predicted octanol–water partition coefficient (Wildman–Crippen LogP) is 3.66. The van der Waals surface area contributed by atoms with Gasteiger partial charge in [0.15, 0.2) is 0 Å². The van der Waals surface area contributed by atoms with Gasteiger partial charge in [-0.1, -0.05) is 18.2 Å². The van der Waals surface area contributed by atoms with Crippen LogP contribution in [0.25, 0.3) is 0 Å². The van der Waals surface area contributed by atoms with Crippen molar-refractivity contribution < 1.29 is 17.6 Å². The maximum absolute atomic E-state index is 12.9. The zero-order valence-electron chi connectivity index (χ0n) is 11.3. The van der Waals surface area contributed by atoms with Crippen molar-refractivity contribution in [3.8, 4) is 0 Å². The first-order valence-corrected chi connectivity index (χ1v) is 6.25. The summed E-state index contributed by atoms with van der Waals surface area (Å²) < 4.78 is 50.9. The number of nitrogens with zero attached hydrogens (tertiary/aromatic N) is 1. The molecule has 0 fully saturated rings. The van der Waals surface area contributed by atoms with Crippen LogP contribution in [0, 0.1) is 5.82 Å². The average molecular weight is 298 g/mol. The highest BCUT2D eigenvalue weighted by atomic mass is 19.4. The molecule has 1 atom stereocenters. The van der Waals surface area contributed by atoms with Crippen LogP contribution in [0.1, 0.15) is 23.7 Å². The summed E-state index contributed by atoms with van der Waals surface area (Å²) in [7, 11) is 0. The quantitative estimate of drug-likeness (QED) is 0.878. The molecule has 0 aliphatic heterocycles. The topological polar surface area (TPSA) is 38.9 Å². The molecule has 2 N–H and O–H groups in total. The lowest BCUT2D eigenvalue weighted by Gasteiger charge is -2.24. The van der Waals surface area contributed by atoms with Crippen LogP contribution in [0.5, 0.6) is 0 Å². The van der Waals surface area contributed by atoms with E-state index in [4.69, 9.17) is 5.73 Å². The van der Waals surface area contributed by atoms with Crippen LogP contribution in [0.3, 0.4) is 0 Å². The third kappa shape index (κ3) is 3.78. The number of halogens is 4. The number of pyridine rings is 1. The Morgan fingerprint density at radius 2 is 1.86 bits per heavy atom. The molecule has 112 valence electrons. The highest BCUT2D eigenvalue weighted by Gasteiger charge is 2.31. The van der Waals surface area contributed by atoms with E-state index >= 15 is 0 Å². The van der Waals surface area contributed by atoms with Gasteiger partial charge in [0.05, 0.1) is 23.0 Å². The van der Waals surface area contributed by atoms with Gasteiger partial charge in [0.1, 0.15) is 5.82 Å². The van der Waals surface area contributed by atoms with Crippen LogP contribution in [0.4, 0.5) is 17.6 Å².